The van der Waals surface area contributed by atoms with Crippen molar-refractivity contribution in [2.75, 3.05) is 0 Å². The van der Waals surface area contributed by atoms with Crippen LogP contribution in [0.1, 0.15) is 31.2 Å². The van der Waals surface area contributed by atoms with Gasteiger partial charge >= 0.3 is 11.9 Å². The number of aliphatic carboxylic acids is 2. The molecule has 0 unspecified atom stereocenters. The van der Waals surface area contributed by atoms with Crippen LogP contribution in [-0.2, 0) is 20.8 Å². The zero-order chi connectivity index (χ0) is 16.8. The molecular weight excluding hydrogens is 298 g/mol. The van der Waals surface area contributed by atoms with Crippen LogP contribution in [0.15, 0.2) is 30.3 Å². The minimum atomic E-state index is -1.12. The minimum absolute atomic E-state index is 0.173. The van der Waals surface area contributed by atoms with Crippen LogP contribution in [0.3, 0.4) is 0 Å². The lowest BCUT2D eigenvalue weighted by molar-refractivity contribution is -0.149. The molecule has 124 valence electrons. The highest BCUT2D eigenvalue weighted by Gasteiger charge is 2.37. The van der Waals surface area contributed by atoms with E-state index < -0.39 is 35.7 Å². The summed E-state index contributed by atoms with van der Waals surface area (Å²) >= 11 is 0. The number of carbonyl (C=O) groups is 3. The maximum absolute atomic E-state index is 12.4. The Labute approximate surface area is 134 Å². The Morgan fingerprint density at radius 3 is 2.22 bits per heavy atom. The molecule has 6 heteroatoms. The predicted octanol–water partition coefficient (Wildman–Crippen LogP) is 1.69. The monoisotopic (exact) mass is 319 g/mol. The standard InChI is InChI=1S/C17H21NO5/c19-15(12-8-4-5-9-13(12)16(20)21)18-14(17(22)23)10-11-6-2-1-3-7-11/h1-3,6-7,12-14H,4-5,8-10H2,(H,18,19)(H,20,21)(H,22,23)/t12-,13+,14-/m0/s1. The van der Waals surface area contributed by atoms with Crippen LogP contribution in [0.5, 0.6) is 0 Å². The molecule has 0 radical (unpaired) electrons. The van der Waals surface area contributed by atoms with E-state index >= 15 is 0 Å². The highest BCUT2D eigenvalue weighted by molar-refractivity contribution is 5.88. The smallest absolute Gasteiger partial charge is 0.326 e. The molecule has 0 aromatic heterocycles. The van der Waals surface area contributed by atoms with Crippen molar-refractivity contribution in [1.29, 1.82) is 0 Å². The molecule has 2 rings (SSSR count). The van der Waals surface area contributed by atoms with Crippen molar-refractivity contribution in [3.05, 3.63) is 35.9 Å². The van der Waals surface area contributed by atoms with Gasteiger partial charge in [0.2, 0.25) is 5.91 Å². The summed E-state index contributed by atoms with van der Waals surface area (Å²) in [5.74, 6) is -3.96. The second-order valence-electron chi connectivity index (χ2n) is 5.92. The van der Waals surface area contributed by atoms with Crippen LogP contribution >= 0.6 is 0 Å². The number of carboxylic acids is 2. The largest absolute Gasteiger partial charge is 0.481 e. The van der Waals surface area contributed by atoms with E-state index in [1.165, 1.54) is 0 Å². The molecule has 0 bridgehead atoms. The fourth-order valence-corrected chi connectivity index (χ4v) is 3.07. The first-order valence-corrected chi connectivity index (χ1v) is 7.79. The van der Waals surface area contributed by atoms with Crippen molar-refractivity contribution in [3.63, 3.8) is 0 Å². The molecule has 0 heterocycles. The Bertz CT molecular complexity index is 572. The number of amides is 1. The van der Waals surface area contributed by atoms with Gasteiger partial charge in [-0.1, -0.05) is 43.2 Å². The molecule has 1 aromatic carbocycles. The van der Waals surface area contributed by atoms with Crippen molar-refractivity contribution >= 4 is 17.8 Å². The molecule has 23 heavy (non-hydrogen) atoms. The van der Waals surface area contributed by atoms with Crippen LogP contribution in [0.4, 0.5) is 0 Å². The summed E-state index contributed by atoms with van der Waals surface area (Å²) in [6.07, 6.45) is 2.70. The van der Waals surface area contributed by atoms with E-state index in [9.17, 15) is 24.6 Å². The van der Waals surface area contributed by atoms with E-state index in [0.29, 0.717) is 12.8 Å². The molecule has 1 saturated carbocycles. The van der Waals surface area contributed by atoms with Gasteiger partial charge in [0.05, 0.1) is 11.8 Å². The van der Waals surface area contributed by atoms with Gasteiger partial charge in [-0.05, 0) is 18.4 Å². The van der Waals surface area contributed by atoms with Gasteiger partial charge in [-0.3, -0.25) is 9.59 Å². The summed E-state index contributed by atoms with van der Waals surface area (Å²) in [7, 11) is 0. The zero-order valence-corrected chi connectivity index (χ0v) is 12.8. The number of nitrogens with one attached hydrogen (secondary N) is 1. The molecule has 0 spiro atoms. The molecule has 3 atom stereocenters. The van der Waals surface area contributed by atoms with Gasteiger partial charge in [0.15, 0.2) is 0 Å². The van der Waals surface area contributed by atoms with Crippen LogP contribution in [0.25, 0.3) is 0 Å². The first-order chi connectivity index (χ1) is 11.0. The molecule has 0 aliphatic heterocycles. The normalized spacial score (nSPS) is 22.1. The Kier molecular flexibility index (Phi) is 5.73. The van der Waals surface area contributed by atoms with Gasteiger partial charge in [0.25, 0.3) is 0 Å². The fraction of sp³-hybridized carbons (Fsp3) is 0.471. The van der Waals surface area contributed by atoms with E-state index in [2.05, 4.69) is 5.32 Å². The average Bonchev–Trinajstić information content (AvgIpc) is 2.55. The van der Waals surface area contributed by atoms with Crippen LogP contribution in [0.2, 0.25) is 0 Å². The Balaban J connectivity index is 2.05. The average molecular weight is 319 g/mol. The summed E-state index contributed by atoms with van der Waals surface area (Å²) in [4.78, 5) is 35.1. The van der Waals surface area contributed by atoms with E-state index in [-0.39, 0.29) is 6.42 Å². The third kappa shape index (κ3) is 4.55. The Hall–Kier alpha value is -2.37. The van der Waals surface area contributed by atoms with Crippen molar-refractivity contribution in [2.45, 2.75) is 38.1 Å². The topological polar surface area (TPSA) is 104 Å². The molecule has 1 aromatic rings. The van der Waals surface area contributed by atoms with Crippen molar-refractivity contribution in [3.8, 4) is 0 Å². The summed E-state index contributed by atoms with van der Waals surface area (Å²) in [5.41, 5.74) is 0.804. The molecule has 1 aliphatic carbocycles. The molecule has 1 aliphatic rings. The summed E-state index contributed by atoms with van der Waals surface area (Å²) in [6.45, 7) is 0. The van der Waals surface area contributed by atoms with Gasteiger partial charge in [0.1, 0.15) is 6.04 Å². The maximum Gasteiger partial charge on any atom is 0.326 e. The summed E-state index contributed by atoms with van der Waals surface area (Å²) in [5, 5.41) is 21.1. The lowest BCUT2D eigenvalue weighted by Gasteiger charge is -2.28. The van der Waals surface area contributed by atoms with Crippen molar-refractivity contribution in [1.82, 2.24) is 5.32 Å². The number of hydrogen-bond acceptors (Lipinski definition) is 3. The number of benzene rings is 1. The van der Waals surface area contributed by atoms with Gasteiger partial charge in [0, 0.05) is 6.42 Å². The lowest BCUT2D eigenvalue weighted by Crippen LogP contribution is -2.48. The lowest BCUT2D eigenvalue weighted by atomic mass is 9.78. The van der Waals surface area contributed by atoms with E-state index in [1.54, 1.807) is 24.3 Å². The zero-order valence-electron chi connectivity index (χ0n) is 12.8. The van der Waals surface area contributed by atoms with Gasteiger partial charge in [-0.25, -0.2) is 4.79 Å². The third-order valence-electron chi connectivity index (χ3n) is 4.32. The number of hydrogen-bond donors (Lipinski definition) is 3. The highest BCUT2D eigenvalue weighted by atomic mass is 16.4. The first kappa shape index (κ1) is 17.0. The van der Waals surface area contributed by atoms with E-state index in [4.69, 9.17) is 0 Å². The molecule has 1 fully saturated rings. The van der Waals surface area contributed by atoms with Crippen molar-refractivity contribution < 1.29 is 24.6 Å². The molecule has 3 N–H and O–H groups in total. The second kappa shape index (κ2) is 7.76. The maximum atomic E-state index is 12.4. The molecular formula is C17H21NO5. The molecule has 6 nitrogen and oxygen atoms in total. The van der Waals surface area contributed by atoms with Crippen LogP contribution in [-0.4, -0.2) is 34.1 Å². The summed E-state index contributed by atoms with van der Waals surface area (Å²) in [6, 6.07) is 7.97. The van der Waals surface area contributed by atoms with E-state index in [1.807, 2.05) is 6.07 Å². The van der Waals surface area contributed by atoms with Gasteiger partial charge < -0.3 is 15.5 Å². The Morgan fingerprint density at radius 2 is 1.65 bits per heavy atom. The summed E-state index contributed by atoms with van der Waals surface area (Å²) < 4.78 is 0. The number of carboxylic acid groups (broad SMARTS) is 2. The fourth-order valence-electron chi connectivity index (χ4n) is 3.07. The van der Waals surface area contributed by atoms with E-state index in [0.717, 1.165) is 18.4 Å². The van der Waals surface area contributed by atoms with Crippen molar-refractivity contribution in [2.24, 2.45) is 11.8 Å². The first-order valence-electron chi connectivity index (χ1n) is 7.79. The predicted molar refractivity (Wildman–Crippen MR) is 82.8 cm³/mol. The third-order valence-corrected chi connectivity index (χ3v) is 4.32. The molecule has 1 amide bonds. The van der Waals surface area contributed by atoms with Crippen LogP contribution in [0, 0.1) is 11.8 Å². The quantitative estimate of drug-likeness (QED) is 0.740. The van der Waals surface area contributed by atoms with Crippen LogP contribution < -0.4 is 5.32 Å². The highest BCUT2D eigenvalue weighted by Crippen LogP contribution is 2.30. The number of rotatable bonds is 6. The molecule has 0 saturated heterocycles. The minimum Gasteiger partial charge on any atom is -0.481 e. The van der Waals surface area contributed by atoms with Gasteiger partial charge in [-0.2, -0.15) is 0 Å². The van der Waals surface area contributed by atoms with Gasteiger partial charge in [-0.15, -0.1) is 0 Å². The second-order valence-corrected chi connectivity index (χ2v) is 5.92. The Morgan fingerprint density at radius 1 is 1.04 bits per heavy atom. The SMILES string of the molecule is O=C(O)[C@H](Cc1ccccc1)NC(=O)[C@H]1CCCC[C@H]1C(=O)O. The number of carbonyl (C=O) groups excluding carboxylic acids is 1.